The van der Waals surface area contributed by atoms with Gasteiger partial charge < -0.3 is 5.32 Å². The Morgan fingerprint density at radius 3 is 2.37 bits per heavy atom. The minimum absolute atomic E-state index is 0. The van der Waals surface area contributed by atoms with E-state index in [1.807, 2.05) is 6.92 Å². The van der Waals surface area contributed by atoms with Crippen molar-refractivity contribution in [2.75, 3.05) is 19.6 Å². The van der Waals surface area contributed by atoms with Crippen LogP contribution in [-0.4, -0.2) is 38.4 Å². The van der Waals surface area contributed by atoms with E-state index in [1.165, 1.54) is 22.5 Å². The van der Waals surface area contributed by atoms with E-state index in [0.717, 1.165) is 0 Å². The lowest BCUT2D eigenvalue weighted by Gasteiger charge is -2.32. The second-order valence-electron chi connectivity index (χ2n) is 4.27. The van der Waals surface area contributed by atoms with Gasteiger partial charge in [0.15, 0.2) is 0 Å². The van der Waals surface area contributed by atoms with E-state index in [9.17, 15) is 8.42 Å². The van der Waals surface area contributed by atoms with Crippen LogP contribution in [0.3, 0.4) is 0 Å². The average molecular weight is 346 g/mol. The molecule has 0 bridgehead atoms. The number of halogens is 3. The van der Waals surface area contributed by atoms with Crippen LogP contribution in [0.4, 0.5) is 0 Å². The number of nitrogens with zero attached hydrogens (tertiary/aromatic N) is 1. The third kappa shape index (κ3) is 3.74. The molecule has 1 heterocycles. The van der Waals surface area contributed by atoms with Crippen molar-refractivity contribution in [3.8, 4) is 0 Å². The number of hydrogen-bond donors (Lipinski definition) is 1. The lowest BCUT2D eigenvalue weighted by atomic mass is 10.3. The Balaban J connectivity index is 0.00000180. The van der Waals surface area contributed by atoms with Gasteiger partial charge in [0.2, 0.25) is 10.0 Å². The van der Waals surface area contributed by atoms with E-state index in [-0.39, 0.29) is 23.3 Å². The second-order valence-corrected chi connectivity index (χ2v) is 7.04. The Hall–Kier alpha value is -0.0400. The molecule has 1 aliphatic heterocycles. The Bertz CT molecular complexity index is 531. The van der Waals surface area contributed by atoms with Gasteiger partial charge >= 0.3 is 0 Å². The van der Waals surface area contributed by atoms with E-state index >= 15 is 0 Å². The Morgan fingerprint density at radius 2 is 1.84 bits per heavy atom. The molecule has 1 aromatic carbocycles. The summed E-state index contributed by atoms with van der Waals surface area (Å²) in [7, 11) is -3.53. The summed E-state index contributed by atoms with van der Waals surface area (Å²) >= 11 is 11.7. The molecule has 1 aromatic rings. The third-order valence-corrected chi connectivity index (χ3v) is 5.31. The zero-order valence-electron chi connectivity index (χ0n) is 10.3. The Labute approximate surface area is 129 Å². The molecule has 4 nitrogen and oxygen atoms in total. The minimum atomic E-state index is -3.53. The molecule has 108 valence electrons. The van der Waals surface area contributed by atoms with Gasteiger partial charge in [-0.3, -0.25) is 0 Å². The fourth-order valence-electron chi connectivity index (χ4n) is 1.99. The molecule has 1 aliphatic rings. The van der Waals surface area contributed by atoms with Crippen molar-refractivity contribution in [2.45, 2.75) is 17.9 Å². The summed E-state index contributed by atoms with van der Waals surface area (Å²) in [5, 5.41) is 3.80. The molecule has 1 N–H and O–H groups in total. The summed E-state index contributed by atoms with van der Waals surface area (Å²) in [6.45, 7) is 3.62. The molecule has 0 spiro atoms. The van der Waals surface area contributed by atoms with E-state index < -0.39 is 10.0 Å². The Morgan fingerprint density at radius 1 is 1.26 bits per heavy atom. The predicted octanol–water partition coefficient (Wildman–Crippen LogP) is 2.40. The highest BCUT2D eigenvalue weighted by Crippen LogP contribution is 2.26. The predicted molar refractivity (Wildman–Crippen MR) is 79.9 cm³/mol. The molecule has 19 heavy (non-hydrogen) atoms. The molecule has 8 heteroatoms. The summed E-state index contributed by atoms with van der Waals surface area (Å²) in [4.78, 5) is 0.147. The number of sulfonamides is 1. The first-order valence-corrected chi connectivity index (χ1v) is 7.79. The van der Waals surface area contributed by atoms with Gasteiger partial charge in [0.1, 0.15) is 0 Å². The minimum Gasteiger partial charge on any atom is -0.314 e. The molecular formula is C11H15Cl3N2O2S. The molecule has 2 rings (SSSR count). The van der Waals surface area contributed by atoms with Gasteiger partial charge in [-0.2, -0.15) is 4.31 Å². The van der Waals surface area contributed by atoms with Crippen molar-refractivity contribution in [3.05, 3.63) is 28.2 Å². The molecular weight excluding hydrogens is 331 g/mol. The first-order chi connectivity index (χ1) is 8.41. The molecule has 0 aromatic heterocycles. The third-order valence-electron chi connectivity index (χ3n) is 2.88. The van der Waals surface area contributed by atoms with E-state index in [4.69, 9.17) is 23.2 Å². The molecule has 1 saturated heterocycles. The fraction of sp³-hybridized carbons (Fsp3) is 0.455. The van der Waals surface area contributed by atoms with Crippen LogP contribution in [0.2, 0.25) is 10.0 Å². The van der Waals surface area contributed by atoms with E-state index in [2.05, 4.69) is 5.32 Å². The maximum Gasteiger partial charge on any atom is 0.243 e. The summed E-state index contributed by atoms with van der Waals surface area (Å²) in [5.74, 6) is 0. The van der Waals surface area contributed by atoms with Crippen LogP contribution in [-0.2, 0) is 10.0 Å². The summed E-state index contributed by atoms with van der Waals surface area (Å²) in [6.07, 6.45) is 0. The topological polar surface area (TPSA) is 49.4 Å². The zero-order valence-corrected chi connectivity index (χ0v) is 13.4. The van der Waals surface area contributed by atoms with Gasteiger partial charge in [0.25, 0.3) is 0 Å². The van der Waals surface area contributed by atoms with Crippen LogP contribution in [0.1, 0.15) is 6.92 Å². The van der Waals surface area contributed by atoms with Crippen LogP contribution < -0.4 is 5.32 Å². The first kappa shape index (κ1) is 17.0. The second kappa shape index (κ2) is 6.61. The highest BCUT2D eigenvalue weighted by Gasteiger charge is 2.31. The summed E-state index contributed by atoms with van der Waals surface area (Å²) < 4.78 is 26.4. The van der Waals surface area contributed by atoms with E-state index in [1.54, 1.807) is 0 Å². The molecule has 0 saturated carbocycles. The van der Waals surface area contributed by atoms with Crippen LogP contribution in [0.5, 0.6) is 0 Å². The number of rotatable bonds is 2. The maximum atomic E-state index is 12.5. The smallest absolute Gasteiger partial charge is 0.243 e. The highest BCUT2D eigenvalue weighted by molar-refractivity contribution is 7.89. The van der Waals surface area contributed by atoms with Crippen LogP contribution in [0.25, 0.3) is 0 Å². The SMILES string of the molecule is C[C@@H]1CNCCN1S(=O)(=O)c1cc(Cl)cc(Cl)c1.Cl. The molecule has 0 radical (unpaired) electrons. The van der Waals surface area contributed by atoms with Crippen molar-refractivity contribution in [1.29, 1.82) is 0 Å². The molecule has 0 unspecified atom stereocenters. The van der Waals surface area contributed by atoms with Crippen molar-refractivity contribution >= 4 is 45.6 Å². The van der Waals surface area contributed by atoms with Gasteiger partial charge in [-0.15, -0.1) is 12.4 Å². The van der Waals surface area contributed by atoms with Crippen molar-refractivity contribution < 1.29 is 8.42 Å². The lowest BCUT2D eigenvalue weighted by Crippen LogP contribution is -2.52. The molecule has 1 atom stereocenters. The van der Waals surface area contributed by atoms with Crippen LogP contribution in [0.15, 0.2) is 23.1 Å². The van der Waals surface area contributed by atoms with Crippen LogP contribution >= 0.6 is 35.6 Å². The summed E-state index contributed by atoms with van der Waals surface area (Å²) in [5.41, 5.74) is 0. The number of hydrogen-bond acceptors (Lipinski definition) is 3. The van der Waals surface area contributed by atoms with Crippen molar-refractivity contribution in [3.63, 3.8) is 0 Å². The molecule has 1 fully saturated rings. The fourth-order valence-corrected chi connectivity index (χ4v) is 4.35. The first-order valence-electron chi connectivity index (χ1n) is 5.60. The largest absolute Gasteiger partial charge is 0.314 e. The van der Waals surface area contributed by atoms with Gasteiger partial charge in [-0.1, -0.05) is 23.2 Å². The highest BCUT2D eigenvalue weighted by atomic mass is 35.5. The number of nitrogens with one attached hydrogen (secondary N) is 1. The van der Waals surface area contributed by atoms with Gasteiger partial charge in [0, 0.05) is 35.7 Å². The normalized spacial score (nSPS) is 20.9. The monoisotopic (exact) mass is 344 g/mol. The standard InChI is InChI=1S/C11H14Cl2N2O2S.ClH/c1-8-7-14-2-3-15(8)18(16,17)11-5-9(12)4-10(13)6-11;/h4-6,8,14H,2-3,7H2,1H3;1H/t8-;/m1./s1. The quantitative estimate of drug-likeness (QED) is 0.895. The van der Waals surface area contributed by atoms with E-state index in [0.29, 0.717) is 29.7 Å². The van der Waals surface area contributed by atoms with Crippen molar-refractivity contribution in [1.82, 2.24) is 9.62 Å². The van der Waals surface area contributed by atoms with Gasteiger partial charge in [-0.25, -0.2) is 8.42 Å². The number of piperazine rings is 1. The maximum absolute atomic E-state index is 12.5. The van der Waals surface area contributed by atoms with Crippen molar-refractivity contribution in [2.24, 2.45) is 0 Å². The molecule has 0 aliphatic carbocycles. The van der Waals surface area contributed by atoms with Crippen LogP contribution in [0, 0.1) is 0 Å². The lowest BCUT2D eigenvalue weighted by molar-refractivity contribution is 0.284. The Kier molecular flexibility index (Phi) is 5.92. The number of benzene rings is 1. The van der Waals surface area contributed by atoms with Gasteiger partial charge in [-0.05, 0) is 25.1 Å². The zero-order chi connectivity index (χ0) is 13.3. The van der Waals surface area contributed by atoms with Gasteiger partial charge in [0.05, 0.1) is 4.90 Å². The summed E-state index contributed by atoms with van der Waals surface area (Å²) in [6, 6.07) is 4.29. The average Bonchev–Trinajstić information content (AvgIpc) is 2.28. The molecule has 0 amide bonds.